The Kier molecular flexibility index (Phi) is 9.77. The van der Waals surface area contributed by atoms with Crippen molar-refractivity contribution in [1.29, 1.82) is 0 Å². The number of aliphatic imine (C=N–C) groups is 1. The van der Waals surface area contributed by atoms with Gasteiger partial charge in [-0.1, -0.05) is 24.3 Å². The van der Waals surface area contributed by atoms with Gasteiger partial charge in [0.1, 0.15) is 5.75 Å². The number of benzene rings is 2. The number of ether oxygens (including phenoxy) is 1. The van der Waals surface area contributed by atoms with Crippen LogP contribution in [0.3, 0.4) is 0 Å². The second-order valence-electron chi connectivity index (χ2n) is 7.70. The minimum atomic E-state index is -4.73. The maximum Gasteiger partial charge on any atom is 0.573 e. The van der Waals surface area contributed by atoms with Crippen molar-refractivity contribution in [3.05, 3.63) is 59.7 Å². The molecular formula is C22H27F3IN5O2. The van der Waals surface area contributed by atoms with Crippen molar-refractivity contribution in [2.24, 2.45) is 22.4 Å². The molecule has 1 amide bonds. The van der Waals surface area contributed by atoms with Crippen LogP contribution in [0, 0.1) is 5.92 Å². The molecule has 1 unspecified atom stereocenters. The number of likely N-dealkylation sites (tertiary alicyclic amines) is 1. The van der Waals surface area contributed by atoms with Crippen molar-refractivity contribution in [2.75, 3.05) is 18.4 Å². The number of carbonyl (C=O) groups is 1. The molecule has 33 heavy (non-hydrogen) atoms. The average Bonchev–Trinajstić information content (AvgIpc) is 2.73. The molecule has 2 aromatic rings. The standard InChI is InChI=1S/C22H26F3N5O2.HI/c23-22(24,25)32-19-8-6-18(7-9-19)29-21(27)28-12-15-3-1-4-16(11-15)13-30-10-2-5-17(14-30)20(26)31;/h1,3-4,6-9,11,17H,2,5,10,12-14H2,(H2,26,31)(H3,27,28,29);1H. The Labute approximate surface area is 207 Å². The number of alkyl halides is 3. The van der Waals surface area contributed by atoms with Gasteiger partial charge in [0, 0.05) is 18.8 Å². The molecule has 1 saturated heterocycles. The van der Waals surface area contributed by atoms with Crippen molar-refractivity contribution >= 4 is 41.5 Å². The molecule has 1 fully saturated rings. The van der Waals surface area contributed by atoms with Gasteiger partial charge in [-0.25, -0.2) is 4.99 Å². The van der Waals surface area contributed by atoms with Crippen LogP contribution in [-0.2, 0) is 17.9 Å². The summed E-state index contributed by atoms with van der Waals surface area (Å²) in [4.78, 5) is 18.0. The summed E-state index contributed by atoms with van der Waals surface area (Å²) in [7, 11) is 0. The minimum Gasteiger partial charge on any atom is -0.406 e. The highest BCUT2D eigenvalue weighted by atomic mass is 127. The van der Waals surface area contributed by atoms with E-state index in [1.807, 2.05) is 24.3 Å². The first kappa shape index (κ1) is 26.7. The molecule has 1 aliphatic rings. The molecule has 11 heteroatoms. The van der Waals surface area contributed by atoms with Gasteiger partial charge in [-0.3, -0.25) is 9.69 Å². The van der Waals surface area contributed by atoms with E-state index >= 15 is 0 Å². The van der Waals surface area contributed by atoms with Gasteiger partial charge in [0.25, 0.3) is 0 Å². The van der Waals surface area contributed by atoms with E-state index in [0.29, 0.717) is 18.8 Å². The van der Waals surface area contributed by atoms with Gasteiger partial charge in [0.15, 0.2) is 5.96 Å². The molecular weight excluding hydrogens is 550 g/mol. The molecule has 180 valence electrons. The van der Waals surface area contributed by atoms with E-state index in [-0.39, 0.29) is 47.5 Å². The summed E-state index contributed by atoms with van der Waals surface area (Å²) in [6.45, 7) is 2.66. The predicted octanol–water partition coefficient (Wildman–Crippen LogP) is 3.83. The number of halogens is 4. The topological polar surface area (TPSA) is 106 Å². The van der Waals surface area contributed by atoms with E-state index in [2.05, 4.69) is 19.9 Å². The maximum absolute atomic E-state index is 12.2. The fourth-order valence-corrected chi connectivity index (χ4v) is 3.62. The zero-order chi connectivity index (χ0) is 23.1. The number of piperidine rings is 1. The molecule has 5 N–H and O–H groups in total. The number of hydrogen-bond acceptors (Lipinski definition) is 4. The summed E-state index contributed by atoms with van der Waals surface area (Å²) in [5.41, 5.74) is 13.9. The van der Waals surface area contributed by atoms with Gasteiger partial charge in [0.05, 0.1) is 12.5 Å². The summed E-state index contributed by atoms with van der Waals surface area (Å²) in [6, 6.07) is 13.2. The highest BCUT2D eigenvalue weighted by Gasteiger charge is 2.31. The van der Waals surface area contributed by atoms with E-state index in [1.165, 1.54) is 24.3 Å². The Morgan fingerprint density at radius 3 is 2.52 bits per heavy atom. The van der Waals surface area contributed by atoms with Crippen LogP contribution in [0.1, 0.15) is 24.0 Å². The molecule has 0 radical (unpaired) electrons. The van der Waals surface area contributed by atoms with Crippen molar-refractivity contribution in [3.63, 3.8) is 0 Å². The summed E-state index contributed by atoms with van der Waals surface area (Å²) in [5.74, 6) is -0.522. The second-order valence-corrected chi connectivity index (χ2v) is 7.70. The van der Waals surface area contributed by atoms with Crippen molar-refractivity contribution in [3.8, 4) is 5.75 Å². The number of carbonyl (C=O) groups excluding carboxylic acids is 1. The molecule has 7 nitrogen and oxygen atoms in total. The maximum atomic E-state index is 12.2. The molecule has 0 bridgehead atoms. The predicted molar refractivity (Wildman–Crippen MR) is 131 cm³/mol. The zero-order valence-electron chi connectivity index (χ0n) is 17.8. The Balaban J connectivity index is 0.00000385. The largest absolute Gasteiger partial charge is 0.573 e. The number of anilines is 1. The van der Waals surface area contributed by atoms with Crippen LogP contribution in [-0.4, -0.2) is 36.2 Å². The van der Waals surface area contributed by atoms with Crippen LogP contribution in [0.5, 0.6) is 5.75 Å². The third-order valence-corrected chi connectivity index (χ3v) is 5.10. The van der Waals surface area contributed by atoms with Crippen LogP contribution >= 0.6 is 24.0 Å². The van der Waals surface area contributed by atoms with Gasteiger partial charge in [0.2, 0.25) is 5.91 Å². The lowest BCUT2D eigenvalue weighted by Crippen LogP contribution is -2.40. The number of guanidine groups is 1. The Bertz CT molecular complexity index is 954. The highest BCUT2D eigenvalue weighted by Crippen LogP contribution is 2.24. The Morgan fingerprint density at radius 2 is 1.85 bits per heavy atom. The molecule has 1 heterocycles. The number of primary amides is 1. The molecule has 0 saturated carbocycles. The van der Waals surface area contributed by atoms with Crippen LogP contribution in [0.4, 0.5) is 18.9 Å². The SMILES string of the molecule is I.NC(=O)C1CCCN(Cc2cccc(CN=C(N)Nc3ccc(OC(F)(F)F)cc3)c2)C1. The van der Waals surface area contributed by atoms with E-state index in [0.717, 1.165) is 37.1 Å². The number of nitrogens with two attached hydrogens (primary N) is 2. The highest BCUT2D eigenvalue weighted by molar-refractivity contribution is 14.0. The van der Waals surface area contributed by atoms with Gasteiger partial charge in [-0.05, 0) is 54.8 Å². The van der Waals surface area contributed by atoms with Gasteiger partial charge in [-0.15, -0.1) is 37.1 Å². The van der Waals surface area contributed by atoms with E-state index in [4.69, 9.17) is 11.5 Å². The Hall–Kier alpha value is -2.54. The lowest BCUT2D eigenvalue weighted by atomic mass is 9.97. The Morgan fingerprint density at radius 1 is 1.15 bits per heavy atom. The first-order valence-electron chi connectivity index (χ1n) is 10.2. The fraction of sp³-hybridized carbons (Fsp3) is 0.364. The molecule has 0 spiro atoms. The molecule has 0 aliphatic carbocycles. The van der Waals surface area contributed by atoms with Crippen LogP contribution in [0.15, 0.2) is 53.5 Å². The zero-order valence-corrected chi connectivity index (χ0v) is 20.2. The van der Waals surface area contributed by atoms with E-state index in [9.17, 15) is 18.0 Å². The lowest BCUT2D eigenvalue weighted by Gasteiger charge is -2.31. The first-order valence-corrected chi connectivity index (χ1v) is 10.2. The molecule has 1 atom stereocenters. The lowest BCUT2D eigenvalue weighted by molar-refractivity contribution is -0.274. The molecule has 3 rings (SSSR count). The second kappa shape index (κ2) is 12.1. The number of nitrogens with one attached hydrogen (secondary N) is 1. The van der Waals surface area contributed by atoms with Crippen LogP contribution in [0.2, 0.25) is 0 Å². The summed E-state index contributed by atoms with van der Waals surface area (Å²) in [5, 5.41) is 2.84. The van der Waals surface area contributed by atoms with E-state index < -0.39 is 6.36 Å². The third kappa shape index (κ3) is 9.08. The normalized spacial score (nSPS) is 17.2. The van der Waals surface area contributed by atoms with Gasteiger partial charge >= 0.3 is 6.36 Å². The van der Waals surface area contributed by atoms with Gasteiger partial charge in [-0.2, -0.15) is 0 Å². The number of nitrogens with zero attached hydrogens (tertiary/aromatic N) is 2. The smallest absolute Gasteiger partial charge is 0.406 e. The van der Waals surface area contributed by atoms with Crippen LogP contribution in [0.25, 0.3) is 0 Å². The molecule has 1 aliphatic heterocycles. The third-order valence-electron chi connectivity index (χ3n) is 5.10. The first-order chi connectivity index (χ1) is 15.2. The van der Waals surface area contributed by atoms with Crippen LogP contribution < -0.4 is 21.5 Å². The van der Waals surface area contributed by atoms with Crippen molar-refractivity contribution in [1.82, 2.24) is 4.90 Å². The monoisotopic (exact) mass is 577 g/mol. The van der Waals surface area contributed by atoms with Crippen molar-refractivity contribution in [2.45, 2.75) is 32.3 Å². The fourth-order valence-electron chi connectivity index (χ4n) is 3.62. The minimum absolute atomic E-state index is 0. The summed E-state index contributed by atoms with van der Waals surface area (Å²) in [6.07, 6.45) is -2.95. The number of rotatable bonds is 7. The summed E-state index contributed by atoms with van der Waals surface area (Å²) >= 11 is 0. The average molecular weight is 577 g/mol. The molecule has 0 aromatic heterocycles. The number of hydrogen-bond donors (Lipinski definition) is 3. The summed E-state index contributed by atoms with van der Waals surface area (Å²) < 4.78 is 40.5. The van der Waals surface area contributed by atoms with E-state index in [1.54, 1.807) is 0 Å². The number of amides is 1. The van der Waals surface area contributed by atoms with Crippen molar-refractivity contribution < 1.29 is 22.7 Å². The quantitative estimate of drug-likeness (QED) is 0.264. The van der Waals surface area contributed by atoms with Gasteiger partial charge < -0.3 is 21.5 Å². The molecule has 2 aromatic carbocycles.